The van der Waals surface area contributed by atoms with E-state index in [2.05, 4.69) is 41.8 Å². The molecule has 1 saturated heterocycles. The average molecular weight is 246 g/mol. The molecule has 2 unspecified atom stereocenters. The van der Waals surface area contributed by atoms with Gasteiger partial charge in [-0.1, -0.05) is 37.3 Å². The number of rotatable bonds is 4. The van der Waals surface area contributed by atoms with E-state index in [4.69, 9.17) is 0 Å². The molecule has 2 atom stereocenters. The molecule has 1 aliphatic rings. The first-order valence-corrected chi connectivity index (χ1v) is 6.83. The van der Waals surface area contributed by atoms with Crippen molar-refractivity contribution in [3.05, 3.63) is 35.9 Å². The van der Waals surface area contributed by atoms with E-state index in [0.717, 1.165) is 32.4 Å². The predicted molar refractivity (Wildman–Crippen MR) is 73.5 cm³/mol. The van der Waals surface area contributed by atoms with Crippen molar-refractivity contribution in [2.24, 2.45) is 0 Å². The first-order chi connectivity index (χ1) is 8.77. The van der Waals surface area contributed by atoms with Crippen molar-refractivity contribution in [2.45, 2.75) is 38.1 Å². The van der Waals surface area contributed by atoms with Crippen LogP contribution in [-0.2, 0) is 4.79 Å². The van der Waals surface area contributed by atoms with E-state index in [-0.39, 0.29) is 11.9 Å². The number of benzene rings is 1. The minimum absolute atomic E-state index is 0.0151. The standard InChI is InChI=1S/C15H22N2O/c1-12(13-7-3-2-4-8-13)11-17-14-9-5-6-10-16-15(14)18/h2-4,7-8,12,14,17H,5-6,9-11H2,1H3,(H,16,18). The highest BCUT2D eigenvalue weighted by atomic mass is 16.2. The second kappa shape index (κ2) is 6.55. The summed E-state index contributed by atoms with van der Waals surface area (Å²) in [5.74, 6) is 0.593. The second-order valence-corrected chi connectivity index (χ2v) is 5.06. The van der Waals surface area contributed by atoms with Crippen LogP contribution in [0.4, 0.5) is 0 Å². The zero-order valence-corrected chi connectivity index (χ0v) is 11.0. The van der Waals surface area contributed by atoms with Gasteiger partial charge in [-0.3, -0.25) is 4.79 Å². The molecule has 0 saturated carbocycles. The Morgan fingerprint density at radius 2 is 2.11 bits per heavy atom. The zero-order chi connectivity index (χ0) is 12.8. The summed E-state index contributed by atoms with van der Waals surface area (Å²) in [4.78, 5) is 11.8. The second-order valence-electron chi connectivity index (χ2n) is 5.06. The summed E-state index contributed by atoms with van der Waals surface area (Å²) in [6.07, 6.45) is 3.17. The number of nitrogens with one attached hydrogen (secondary N) is 2. The highest BCUT2D eigenvalue weighted by Crippen LogP contribution is 2.14. The molecule has 0 aromatic heterocycles. The maximum atomic E-state index is 11.8. The minimum Gasteiger partial charge on any atom is -0.355 e. The van der Waals surface area contributed by atoms with Gasteiger partial charge in [-0.05, 0) is 30.7 Å². The number of carbonyl (C=O) groups is 1. The van der Waals surface area contributed by atoms with Crippen molar-refractivity contribution >= 4 is 5.91 Å². The van der Waals surface area contributed by atoms with Crippen LogP contribution < -0.4 is 10.6 Å². The van der Waals surface area contributed by atoms with Gasteiger partial charge in [0.2, 0.25) is 5.91 Å². The Bertz CT molecular complexity index is 377. The van der Waals surface area contributed by atoms with Crippen LogP contribution in [0.25, 0.3) is 0 Å². The van der Waals surface area contributed by atoms with Gasteiger partial charge in [0.05, 0.1) is 6.04 Å². The Hall–Kier alpha value is -1.35. The molecule has 0 spiro atoms. The summed E-state index contributed by atoms with van der Waals surface area (Å²) in [5, 5.41) is 6.35. The normalized spacial score (nSPS) is 22.1. The van der Waals surface area contributed by atoms with Crippen molar-refractivity contribution in [3.8, 4) is 0 Å². The van der Waals surface area contributed by atoms with E-state index in [1.807, 2.05) is 6.07 Å². The summed E-state index contributed by atoms with van der Waals surface area (Å²) in [7, 11) is 0. The van der Waals surface area contributed by atoms with Crippen molar-refractivity contribution in [2.75, 3.05) is 13.1 Å². The van der Waals surface area contributed by atoms with Gasteiger partial charge in [-0.25, -0.2) is 0 Å². The third-order valence-electron chi connectivity index (χ3n) is 3.57. The molecule has 1 aromatic carbocycles. The van der Waals surface area contributed by atoms with Crippen molar-refractivity contribution < 1.29 is 4.79 Å². The van der Waals surface area contributed by atoms with Crippen LogP contribution in [0.2, 0.25) is 0 Å². The molecule has 98 valence electrons. The van der Waals surface area contributed by atoms with Gasteiger partial charge in [-0.15, -0.1) is 0 Å². The highest BCUT2D eigenvalue weighted by molar-refractivity contribution is 5.81. The lowest BCUT2D eigenvalue weighted by Gasteiger charge is -2.19. The van der Waals surface area contributed by atoms with Gasteiger partial charge in [-0.2, -0.15) is 0 Å². The summed E-state index contributed by atoms with van der Waals surface area (Å²) >= 11 is 0. The van der Waals surface area contributed by atoms with E-state index in [9.17, 15) is 4.79 Å². The van der Waals surface area contributed by atoms with Crippen molar-refractivity contribution in [3.63, 3.8) is 0 Å². The summed E-state index contributed by atoms with van der Waals surface area (Å²) in [6.45, 7) is 3.87. The molecule has 0 radical (unpaired) electrons. The summed E-state index contributed by atoms with van der Waals surface area (Å²) in [6, 6.07) is 10.4. The van der Waals surface area contributed by atoms with Crippen LogP contribution >= 0.6 is 0 Å². The molecule has 18 heavy (non-hydrogen) atoms. The van der Waals surface area contributed by atoms with E-state index in [1.54, 1.807) is 0 Å². The molecule has 1 heterocycles. The number of amides is 1. The Morgan fingerprint density at radius 1 is 1.33 bits per heavy atom. The molecule has 3 nitrogen and oxygen atoms in total. The van der Waals surface area contributed by atoms with Gasteiger partial charge in [0.15, 0.2) is 0 Å². The molecule has 1 fully saturated rings. The Kier molecular flexibility index (Phi) is 4.76. The van der Waals surface area contributed by atoms with E-state index in [0.29, 0.717) is 5.92 Å². The van der Waals surface area contributed by atoms with Crippen LogP contribution in [-0.4, -0.2) is 25.0 Å². The van der Waals surface area contributed by atoms with Crippen LogP contribution in [0.1, 0.15) is 37.7 Å². The van der Waals surface area contributed by atoms with E-state index < -0.39 is 0 Å². The van der Waals surface area contributed by atoms with Crippen LogP contribution in [0.15, 0.2) is 30.3 Å². The Morgan fingerprint density at radius 3 is 2.89 bits per heavy atom. The summed E-state index contributed by atoms with van der Waals surface area (Å²) in [5.41, 5.74) is 1.32. The van der Waals surface area contributed by atoms with Crippen molar-refractivity contribution in [1.82, 2.24) is 10.6 Å². The zero-order valence-electron chi connectivity index (χ0n) is 11.0. The third-order valence-corrected chi connectivity index (χ3v) is 3.57. The third kappa shape index (κ3) is 3.57. The molecular weight excluding hydrogens is 224 g/mol. The van der Waals surface area contributed by atoms with E-state index in [1.165, 1.54) is 5.56 Å². The number of hydrogen-bond donors (Lipinski definition) is 2. The molecule has 1 amide bonds. The largest absolute Gasteiger partial charge is 0.355 e. The average Bonchev–Trinajstić information content (AvgIpc) is 2.62. The van der Waals surface area contributed by atoms with Gasteiger partial charge in [0, 0.05) is 13.1 Å². The number of hydrogen-bond acceptors (Lipinski definition) is 2. The van der Waals surface area contributed by atoms with Gasteiger partial charge in [0.1, 0.15) is 0 Å². The maximum Gasteiger partial charge on any atom is 0.237 e. The fourth-order valence-electron chi connectivity index (χ4n) is 2.35. The highest BCUT2D eigenvalue weighted by Gasteiger charge is 2.20. The molecule has 1 aromatic rings. The lowest BCUT2D eigenvalue weighted by Crippen LogP contribution is -2.43. The van der Waals surface area contributed by atoms with Crippen LogP contribution in [0, 0.1) is 0 Å². The quantitative estimate of drug-likeness (QED) is 0.853. The lowest BCUT2D eigenvalue weighted by molar-refractivity contribution is -0.122. The topological polar surface area (TPSA) is 41.1 Å². The smallest absolute Gasteiger partial charge is 0.237 e. The molecule has 0 bridgehead atoms. The van der Waals surface area contributed by atoms with E-state index >= 15 is 0 Å². The minimum atomic E-state index is -0.0151. The summed E-state index contributed by atoms with van der Waals surface area (Å²) < 4.78 is 0. The number of carbonyl (C=O) groups excluding carboxylic acids is 1. The fraction of sp³-hybridized carbons (Fsp3) is 0.533. The molecular formula is C15H22N2O. The Balaban J connectivity index is 1.85. The van der Waals surface area contributed by atoms with Gasteiger partial charge >= 0.3 is 0 Å². The van der Waals surface area contributed by atoms with Gasteiger partial charge in [0.25, 0.3) is 0 Å². The fourth-order valence-corrected chi connectivity index (χ4v) is 2.35. The predicted octanol–water partition coefficient (Wildman–Crippen LogP) is 2.05. The van der Waals surface area contributed by atoms with Crippen LogP contribution in [0.5, 0.6) is 0 Å². The van der Waals surface area contributed by atoms with Gasteiger partial charge < -0.3 is 10.6 Å². The molecule has 2 rings (SSSR count). The van der Waals surface area contributed by atoms with Crippen LogP contribution in [0.3, 0.4) is 0 Å². The molecule has 2 N–H and O–H groups in total. The molecule has 0 aliphatic carbocycles. The first-order valence-electron chi connectivity index (χ1n) is 6.83. The lowest BCUT2D eigenvalue weighted by atomic mass is 10.0. The molecule has 1 aliphatic heterocycles. The van der Waals surface area contributed by atoms with Crippen molar-refractivity contribution in [1.29, 1.82) is 0 Å². The first kappa shape index (κ1) is 13.1. The maximum absolute atomic E-state index is 11.8. The monoisotopic (exact) mass is 246 g/mol. The molecule has 3 heteroatoms. The Labute approximate surface area is 109 Å². The SMILES string of the molecule is CC(CNC1CCCCNC1=O)c1ccccc1.